The zero-order chi connectivity index (χ0) is 22.5. The summed E-state index contributed by atoms with van der Waals surface area (Å²) in [6.07, 6.45) is 2.20. The number of hydrogen-bond acceptors (Lipinski definition) is 6. The van der Waals surface area contributed by atoms with E-state index in [1.54, 1.807) is 7.11 Å². The third-order valence-electron chi connectivity index (χ3n) is 5.55. The summed E-state index contributed by atoms with van der Waals surface area (Å²) < 4.78 is 13.2. The lowest BCUT2D eigenvalue weighted by Crippen LogP contribution is -2.18. The van der Waals surface area contributed by atoms with Gasteiger partial charge in [0, 0.05) is 17.9 Å². The van der Waals surface area contributed by atoms with E-state index < -0.39 is 0 Å². The zero-order valence-electron chi connectivity index (χ0n) is 18.6. The second-order valence-electron chi connectivity index (χ2n) is 7.88. The lowest BCUT2D eigenvalue weighted by Gasteiger charge is -2.15. The maximum absolute atomic E-state index is 12.7. The number of methoxy groups -OCH3 is 1. The number of para-hydroxylation sites is 1. The number of nitrogens with one attached hydrogen (secondary N) is 1. The van der Waals surface area contributed by atoms with Crippen LogP contribution in [0.15, 0.2) is 47.6 Å². The predicted octanol–water partition coefficient (Wildman–Crippen LogP) is 4.48. The normalized spacial score (nSPS) is 15.7. The first-order valence-electron chi connectivity index (χ1n) is 10.7. The minimum absolute atomic E-state index is 0.0648. The molecule has 1 aromatic heterocycles. The SMILES string of the molecule is COc1ccc(-c2nnc(SCC(=O)Nc3c(C)cccc3C)n2CC2CCCO2)cc1. The van der Waals surface area contributed by atoms with Crippen LogP contribution < -0.4 is 10.1 Å². The van der Waals surface area contributed by atoms with Gasteiger partial charge in [-0.15, -0.1) is 10.2 Å². The second kappa shape index (κ2) is 10.2. The third-order valence-corrected chi connectivity index (χ3v) is 6.52. The summed E-state index contributed by atoms with van der Waals surface area (Å²) in [7, 11) is 1.65. The number of hydrogen-bond donors (Lipinski definition) is 1. The molecule has 7 nitrogen and oxygen atoms in total. The van der Waals surface area contributed by atoms with Gasteiger partial charge in [0.25, 0.3) is 0 Å². The maximum Gasteiger partial charge on any atom is 0.234 e. The van der Waals surface area contributed by atoms with Gasteiger partial charge < -0.3 is 14.8 Å². The fourth-order valence-electron chi connectivity index (χ4n) is 3.82. The molecule has 1 atom stereocenters. The molecule has 0 aliphatic carbocycles. The standard InChI is InChI=1S/C24H28N4O3S/c1-16-6-4-7-17(2)22(16)25-21(29)15-32-24-27-26-23(18-9-11-19(30-3)12-10-18)28(24)14-20-8-5-13-31-20/h4,6-7,9-12,20H,5,8,13-15H2,1-3H3,(H,25,29). The average molecular weight is 453 g/mol. The van der Waals surface area contributed by atoms with Gasteiger partial charge in [-0.3, -0.25) is 9.36 Å². The molecule has 2 heterocycles. The highest BCUT2D eigenvalue weighted by molar-refractivity contribution is 7.99. The van der Waals surface area contributed by atoms with Gasteiger partial charge in [-0.05, 0) is 62.1 Å². The molecule has 32 heavy (non-hydrogen) atoms. The van der Waals surface area contributed by atoms with E-state index in [1.165, 1.54) is 11.8 Å². The molecule has 0 saturated carbocycles. The van der Waals surface area contributed by atoms with Crippen molar-refractivity contribution in [1.82, 2.24) is 14.8 Å². The lowest BCUT2D eigenvalue weighted by atomic mass is 10.1. The smallest absolute Gasteiger partial charge is 0.234 e. The number of amides is 1. The molecule has 0 bridgehead atoms. The number of nitrogens with zero attached hydrogens (tertiary/aromatic N) is 3. The summed E-state index contributed by atoms with van der Waals surface area (Å²) >= 11 is 1.39. The van der Waals surface area contributed by atoms with Crippen molar-refractivity contribution in [2.24, 2.45) is 0 Å². The fourth-order valence-corrected chi connectivity index (χ4v) is 4.57. The molecule has 1 saturated heterocycles. The molecule has 168 valence electrons. The molecule has 8 heteroatoms. The second-order valence-corrected chi connectivity index (χ2v) is 8.83. The van der Waals surface area contributed by atoms with Crippen molar-refractivity contribution in [3.05, 3.63) is 53.6 Å². The van der Waals surface area contributed by atoms with Crippen molar-refractivity contribution in [2.75, 3.05) is 24.8 Å². The first-order chi connectivity index (χ1) is 15.5. The topological polar surface area (TPSA) is 78.3 Å². The Labute approximate surface area is 192 Å². The van der Waals surface area contributed by atoms with Gasteiger partial charge in [-0.25, -0.2) is 0 Å². The van der Waals surface area contributed by atoms with Crippen molar-refractivity contribution < 1.29 is 14.3 Å². The van der Waals surface area contributed by atoms with Gasteiger partial charge >= 0.3 is 0 Å². The summed E-state index contributed by atoms with van der Waals surface area (Å²) in [6, 6.07) is 13.7. The first-order valence-corrected chi connectivity index (χ1v) is 11.7. The van der Waals surface area contributed by atoms with Crippen molar-refractivity contribution >= 4 is 23.4 Å². The van der Waals surface area contributed by atoms with Crippen LogP contribution in [0, 0.1) is 13.8 Å². The number of thioether (sulfide) groups is 1. The highest BCUT2D eigenvalue weighted by Gasteiger charge is 2.22. The minimum Gasteiger partial charge on any atom is -0.497 e. The first kappa shape index (κ1) is 22.4. The number of ether oxygens (including phenoxy) is 2. The molecule has 1 amide bonds. The van der Waals surface area contributed by atoms with Crippen LogP contribution in [-0.4, -0.2) is 46.2 Å². The Bertz CT molecular complexity index is 1060. The van der Waals surface area contributed by atoms with Gasteiger partial charge in [-0.1, -0.05) is 30.0 Å². The summed E-state index contributed by atoms with van der Waals surface area (Å²) in [4.78, 5) is 12.7. The Balaban J connectivity index is 1.52. The Hall–Kier alpha value is -2.84. The lowest BCUT2D eigenvalue weighted by molar-refractivity contribution is -0.113. The van der Waals surface area contributed by atoms with Crippen LogP contribution >= 0.6 is 11.8 Å². The van der Waals surface area contributed by atoms with E-state index in [0.717, 1.165) is 53.4 Å². The molecule has 0 radical (unpaired) electrons. The van der Waals surface area contributed by atoms with Crippen molar-refractivity contribution in [1.29, 1.82) is 0 Å². The number of rotatable bonds is 8. The number of aryl methyl sites for hydroxylation is 2. The molecule has 1 aliphatic heterocycles. The maximum atomic E-state index is 12.7. The van der Waals surface area contributed by atoms with E-state index in [9.17, 15) is 4.79 Å². The Morgan fingerprint density at radius 1 is 1.19 bits per heavy atom. The van der Waals surface area contributed by atoms with Crippen LogP contribution in [0.1, 0.15) is 24.0 Å². The number of carbonyl (C=O) groups is 1. The van der Waals surface area contributed by atoms with Gasteiger partial charge in [0.1, 0.15) is 5.75 Å². The number of benzene rings is 2. The van der Waals surface area contributed by atoms with Crippen molar-refractivity contribution in [3.8, 4) is 17.1 Å². The summed E-state index contributed by atoms with van der Waals surface area (Å²) in [6.45, 7) is 5.44. The van der Waals surface area contributed by atoms with Crippen LogP contribution in [0.5, 0.6) is 5.75 Å². The number of carbonyl (C=O) groups excluding carboxylic acids is 1. The van der Waals surface area contributed by atoms with E-state index in [4.69, 9.17) is 9.47 Å². The van der Waals surface area contributed by atoms with E-state index in [2.05, 4.69) is 20.1 Å². The molecule has 4 rings (SSSR count). The molecule has 1 aliphatic rings. The summed E-state index contributed by atoms with van der Waals surface area (Å²) in [5.74, 6) is 1.74. The van der Waals surface area contributed by atoms with Crippen LogP contribution in [0.25, 0.3) is 11.4 Å². The molecular weight excluding hydrogens is 424 g/mol. The van der Waals surface area contributed by atoms with Crippen LogP contribution in [-0.2, 0) is 16.1 Å². The van der Waals surface area contributed by atoms with E-state index in [1.807, 2.05) is 56.3 Å². The van der Waals surface area contributed by atoms with Gasteiger partial charge in [0.05, 0.1) is 25.5 Å². The largest absolute Gasteiger partial charge is 0.497 e. The van der Waals surface area contributed by atoms with Crippen LogP contribution in [0.3, 0.4) is 0 Å². The molecule has 0 spiro atoms. The molecule has 2 aromatic carbocycles. The minimum atomic E-state index is -0.0648. The van der Waals surface area contributed by atoms with Crippen LogP contribution in [0.4, 0.5) is 5.69 Å². The highest BCUT2D eigenvalue weighted by atomic mass is 32.2. The predicted molar refractivity (Wildman–Crippen MR) is 126 cm³/mol. The van der Waals surface area contributed by atoms with Crippen molar-refractivity contribution in [3.63, 3.8) is 0 Å². The Kier molecular flexibility index (Phi) is 7.12. The van der Waals surface area contributed by atoms with E-state index >= 15 is 0 Å². The number of anilines is 1. The summed E-state index contributed by atoms with van der Waals surface area (Å²) in [5, 5.41) is 12.6. The van der Waals surface area contributed by atoms with Gasteiger partial charge in [0.15, 0.2) is 11.0 Å². The van der Waals surface area contributed by atoms with E-state index in [0.29, 0.717) is 11.7 Å². The third kappa shape index (κ3) is 5.14. The Morgan fingerprint density at radius 3 is 2.59 bits per heavy atom. The quantitative estimate of drug-likeness (QED) is 0.508. The number of aromatic nitrogens is 3. The monoisotopic (exact) mass is 452 g/mol. The van der Waals surface area contributed by atoms with Crippen LogP contribution in [0.2, 0.25) is 0 Å². The van der Waals surface area contributed by atoms with Gasteiger partial charge in [-0.2, -0.15) is 0 Å². The highest BCUT2D eigenvalue weighted by Crippen LogP contribution is 2.28. The molecule has 1 unspecified atom stereocenters. The van der Waals surface area contributed by atoms with E-state index in [-0.39, 0.29) is 17.8 Å². The molecule has 1 N–H and O–H groups in total. The zero-order valence-corrected chi connectivity index (χ0v) is 19.4. The van der Waals surface area contributed by atoms with Crippen molar-refractivity contribution in [2.45, 2.75) is 44.5 Å². The van der Waals surface area contributed by atoms with Gasteiger partial charge in [0.2, 0.25) is 5.91 Å². The molecule has 1 fully saturated rings. The fraction of sp³-hybridized carbons (Fsp3) is 0.375. The molecule has 3 aromatic rings. The summed E-state index contributed by atoms with van der Waals surface area (Å²) in [5.41, 5.74) is 3.92. The Morgan fingerprint density at radius 2 is 1.94 bits per heavy atom. The average Bonchev–Trinajstić information content (AvgIpc) is 3.45. The molecular formula is C24H28N4O3S.